The minimum absolute atomic E-state index is 0.0502. The molecule has 3 rings (SSSR count). The number of halogens is 1. The first-order valence-corrected chi connectivity index (χ1v) is 7.82. The maximum atomic E-state index is 13.0. The van der Waals surface area contributed by atoms with Crippen molar-refractivity contribution in [2.75, 3.05) is 6.54 Å². The van der Waals surface area contributed by atoms with Gasteiger partial charge in [-0.05, 0) is 55.7 Å². The molecule has 1 amide bonds. The molecule has 114 valence electrons. The molecular formula is C17H22FNO2. The van der Waals surface area contributed by atoms with Gasteiger partial charge in [-0.2, -0.15) is 0 Å². The van der Waals surface area contributed by atoms with Crippen LogP contribution in [0.5, 0.6) is 0 Å². The molecular weight excluding hydrogens is 269 g/mol. The Morgan fingerprint density at radius 3 is 2.62 bits per heavy atom. The number of hydrogen-bond acceptors (Lipinski definition) is 2. The Morgan fingerprint density at radius 2 is 2.00 bits per heavy atom. The maximum Gasteiger partial charge on any atom is 0.230 e. The summed E-state index contributed by atoms with van der Waals surface area (Å²) in [5.41, 5.74) is 0.464. The van der Waals surface area contributed by atoms with E-state index >= 15 is 0 Å². The number of amides is 1. The Bertz CT molecular complexity index is 510. The smallest absolute Gasteiger partial charge is 0.230 e. The van der Waals surface area contributed by atoms with Gasteiger partial charge in [-0.1, -0.05) is 18.6 Å². The highest BCUT2D eigenvalue weighted by atomic mass is 19.1. The lowest BCUT2D eigenvalue weighted by Crippen LogP contribution is -2.39. The summed E-state index contributed by atoms with van der Waals surface area (Å²) in [6.45, 7) is 0.638. The molecule has 21 heavy (non-hydrogen) atoms. The van der Waals surface area contributed by atoms with E-state index in [9.17, 15) is 14.3 Å². The molecule has 2 aliphatic rings. The number of hydrogen-bond donors (Lipinski definition) is 2. The van der Waals surface area contributed by atoms with Gasteiger partial charge in [0, 0.05) is 6.54 Å². The van der Waals surface area contributed by atoms with Crippen LogP contribution in [-0.2, 0) is 10.2 Å². The molecule has 2 atom stereocenters. The van der Waals surface area contributed by atoms with Crippen LogP contribution in [0.4, 0.5) is 4.39 Å². The third-order valence-corrected chi connectivity index (χ3v) is 4.89. The zero-order valence-electron chi connectivity index (χ0n) is 12.1. The third-order valence-electron chi connectivity index (χ3n) is 4.89. The fourth-order valence-electron chi connectivity index (χ4n) is 3.40. The average molecular weight is 291 g/mol. The van der Waals surface area contributed by atoms with E-state index in [1.54, 1.807) is 12.1 Å². The number of carbonyl (C=O) groups excluding carboxylic acids is 1. The highest BCUT2D eigenvalue weighted by Gasteiger charge is 2.51. The van der Waals surface area contributed by atoms with Gasteiger partial charge in [-0.15, -0.1) is 0 Å². The van der Waals surface area contributed by atoms with E-state index in [0.29, 0.717) is 12.5 Å². The van der Waals surface area contributed by atoms with Gasteiger partial charge in [-0.3, -0.25) is 4.79 Å². The predicted octanol–water partition coefficient (Wildman–Crippen LogP) is 2.52. The summed E-state index contributed by atoms with van der Waals surface area (Å²) < 4.78 is 13.0. The number of carbonyl (C=O) groups is 1. The topological polar surface area (TPSA) is 49.3 Å². The van der Waals surface area contributed by atoms with E-state index in [4.69, 9.17) is 0 Å². The van der Waals surface area contributed by atoms with Crippen LogP contribution >= 0.6 is 0 Å². The maximum absolute atomic E-state index is 13.0. The average Bonchev–Trinajstić information content (AvgIpc) is 3.27. The van der Waals surface area contributed by atoms with Crippen molar-refractivity contribution >= 4 is 5.91 Å². The second-order valence-corrected chi connectivity index (χ2v) is 6.49. The molecule has 2 saturated carbocycles. The number of rotatable bonds is 4. The molecule has 0 heterocycles. The molecule has 0 aromatic heterocycles. The molecule has 0 aliphatic heterocycles. The van der Waals surface area contributed by atoms with Crippen molar-refractivity contribution in [2.45, 2.75) is 50.0 Å². The summed E-state index contributed by atoms with van der Waals surface area (Å²) >= 11 is 0. The summed E-state index contributed by atoms with van der Waals surface area (Å²) in [5.74, 6) is 0.155. The van der Waals surface area contributed by atoms with E-state index in [-0.39, 0.29) is 17.8 Å². The van der Waals surface area contributed by atoms with E-state index in [2.05, 4.69) is 5.32 Å². The van der Waals surface area contributed by atoms with E-state index < -0.39 is 5.41 Å². The summed E-state index contributed by atoms with van der Waals surface area (Å²) in [7, 11) is 0. The van der Waals surface area contributed by atoms with Crippen molar-refractivity contribution in [2.24, 2.45) is 5.92 Å². The third kappa shape index (κ3) is 3.10. The second kappa shape index (κ2) is 5.76. The van der Waals surface area contributed by atoms with Gasteiger partial charge in [0.1, 0.15) is 5.82 Å². The van der Waals surface area contributed by atoms with Crippen molar-refractivity contribution in [3.8, 4) is 0 Å². The van der Waals surface area contributed by atoms with Crippen LogP contribution < -0.4 is 5.32 Å². The van der Waals surface area contributed by atoms with Crippen LogP contribution in [0.2, 0.25) is 0 Å². The minimum Gasteiger partial charge on any atom is -0.393 e. The number of aliphatic hydroxyl groups is 1. The summed E-state index contributed by atoms with van der Waals surface area (Å²) in [5, 5.41) is 12.7. The SMILES string of the molecule is O=C(NCC1CCCC(O)C1)C1(c2ccc(F)cc2)CC1. The monoisotopic (exact) mass is 291 g/mol. The molecule has 4 heteroatoms. The molecule has 2 unspecified atom stereocenters. The highest BCUT2D eigenvalue weighted by Crippen LogP contribution is 2.48. The quantitative estimate of drug-likeness (QED) is 0.895. The lowest BCUT2D eigenvalue weighted by molar-refractivity contribution is -0.123. The molecule has 0 radical (unpaired) electrons. The first kappa shape index (κ1) is 14.5. The van der Waals surface area contributed by atoms with Crippen LogP contribution in [0.1, 0.15) is 44.1 Å². The number of nitrogens with one attached hydrogen (secondary N) is 1. The number of aliphatic hydroxyl groups excluding tert-OH is 1. The standard InChI is InChI=1S/C17H22FNO2/c18-14-6-4-13(5-7-14)17(8-9-17)16(21)19-11-12-2-1-3-15(20)10-12/h4-7,12,15,20H,1-3,8-11H2,(H,19,21). The van der Waals surface area contributed by atoms with Crippen molar-refractivity contribution in [3.63, 3.8) is 0 Å². The molecule has 3 nitrogen and oxygen atoms in total. The zero-order chi connectivity index (χ0) is 14.9. The molecule has 1 aromatic carbocycles. The molecule has 0 bridgehead atoms. The minimum atomic E-state index is -0.443. The Labute approximate surface area is 124 Å². The molecule has 0 spiro atoms. The van der Waals surface area contributed by atoms with Crippen molar-refractivity contribution in [1.82, 2.24) is 5.32 Å². The highest BCUT2D eigenvalue weighted by molar-refractivity contribution is 5.91. The Morgan fingerprint density at radius 1 is 1.29 bits per heavy atom. The van der Waals surface area contributed by atoms with Crippen LogP contribution in [0, 0.1) is 11.7 Å². The predicted molar refractivity (Wildman–Crippen MR) is 78.3 cm³/mol. The van der Waals surface area contributed by atoms with Gasteiger partial charge in [0.2, 0.25) is 5.91 Å². The van der Waals surface area contributed by atoms with Gasteiger partial charge in [-0.25, -0.2) is 4.39 Å². The first-order chi connectivity index (χ1) is 10.1. The van der Waals surface area contributed by atoms with E-state index in [0.717, 1.165) is 44.1 Å². The van der Waals surface area contributed by atoms with Gasteiger partial charge in [0.25, 0.3) is 0 Å². The van der Waals surface area contributed by atoms with Gasteiger partial charge >= 0.3 is 0 Å². The van der Waals surface area contributed by atoms with Crippen molar-refractivity contribution in [3.05, 3.63) is 35.6 Å². The van der Waals surface area contributed by atoms with Crippen LogP contribution in [0.15, 0.2) is 24.3 Å². The summed E-state index contributed by atoms with van der Waals surface area (Å²) in [6, 6.07) is 6.26. The fourth-order valence-corrected chi connectivity index (χ4v) is 3.40. The Balaban J connectivity index is 1.59. The Kier molecular flexibility index (Phi) is 3.98. The summed E-state index contributed by atoms with van der Waals surface area (Å²) in [4.78, 5) is 12.5. The Hall–Kier alpha value is -1.42. The van der Waals surface area contributed by atoms with Crippen molar-refractivity contribution < 1.29 is 14.3 Å². The van der Waals surface area contributed by atoms with E-state index in [1.165, 1.54) is 12.1 Å². The van der Waals surface area contributed by atoms with E-state index in [1.807, 2.05) is 0 Å². The molecule has 2 fully saturated rings. The largest absolute Gasteiger partial charge is 0.393 e. The summed E-state index contributed by atoms with van der Waals surface area (Å²) in [6.07, 6.45) is 5.21. The zero-order valence-corrected chi connectivity index (χ0v) is 12.1. The lowest BCUT2D eigenvalue weighted by Gasteiger charge is -2.26. The van der Waals surface area contributed by atoms with Gasteiger partial charge in [0.15, 0.2) is 0 Å². The van der Waals surface area contributed by atoms with Crippen LogP contribution in [0.25, 0.3) is 0 Å². The van der Waals surface area contributed by atoms with Crippen LogP contribution in [-0.4, -0.2) is 23.7 Å². The van der Waals surface area contributed by atoms with Gasteiger partial charge in [0.05, 0.1) is 11.5 Å². The molecule has 2 aliphatic carbocycles. The molecule has 0 saturated heterocycles. The van der Waals surface area contributed by atoms with Gasteiger partial charge < -0.3 is 10.4 Å². The first-order valence-electron chi connectivity index (χ1n) is 7.82. The normalized spacial score (nSPS) is 27.1. The molecule has 1 aromatic rings. The number of benzene rings is 1. The lowest BCUT2D eigenvalue weighted by atomic mass is 9.87. The fraction of sp³-hybridized carbons (Fsp3) is 0.588. The second-order valence-electron chi connectivity index (χ2n) is 6.49. The molecule has 2 N–H and O–H groups in total. The van der Waals surface area contributed by atoms with Crippen LogP contribution in [0.3, 0.4) is 0 Å². The van der Waals surface area contributed by atoms with Crippen molar-refractivity contribution in [1.29, 1.82) is 0 Å².